The van der Waals surface area contributed by atoms with E-state index in [9.17, 15) is 10.2 Å². The molecule has 3 heteroatoms. The molecule has 0 amide bonds. The molecule has 0 aromatic heterocycles. The van der Waals surface area contributed by atoms with Gasteiger partial charge in [0.2, 0.25) is 0 Å². The van der Waals surface area contributed by atoms with Crippen molar-refractivity contribution in [3.63, 3.8) is 0 Å². The lowest BCUT2D eigenvalue weighted by molar-refractivity contribution is 0.398. The van der Waals surface area contributed by atoms with Gasteiger partial charge in [-0.15, -0.1) is 0 Å². The largest absolute Gasteiger partial charge is 0.504 e. The van der Waals surface area contributed by atoms with E-state index in [2.05, 4.69) is 12.1 Å². The van der Waals surface area contributed by atoms with Crippen molar-refractivity contribution in [2.24, 2.45) is 5.73 Å². The van der Waals surface area contributed by atoms with Crippen LogP contribution in [0.4, 0.5) is 0 Å². The molecule has 108 valence electrons. The summed E-state index contributed by atoms with van der Waals surface area (Å²) in [6.45, 7) is 2.53. The van der Waals surface area contributed by atoms with E-state index in [4.69, 9.17) is 5.73 Å². The zero-order valence-electron chi connectivity index (χ0n) is 12.0. The number of aromatic hydroxyl groups is 2. The van der Waals surface area contributed by atoms with Crippen LogP contribution in [0, 0.1) is 0 Å². The topological polar surface area (TPSA) is 66.5 Å². The quantitative estimate of drug-likeness (QED) is 0.741. The molecule has 0 fully saturated rings. The first-order valence-corrected chi connectivity index (χ1v) is 7.12. The van der Waals surface area contributed by atoms with Gasteiger partial charge in [-0.1, -0.05) is 36.4 Å². The molecule has 0 heterocycles. The first-order chi connectivity index (χ1) is 10.1. The molecule has 0 radical (unpaired) electrons. The second-order valence-corrected chi connectivity index (χ2v) is 5.48. The number of nitrogens with two attached hydrogens (primary N) is 1. The van der Waals surface area contributed by atoms with Crippen LogP contribution < -0.4 is 5.73 Å². The van der Waals surface area contributed by atoms with Gasteiger partial charge in [0.1, 0.15) is 0 Å². The number of allylic oxidation sites excluding steroid dienone is 1. The smallest absolute Gasteiger partial charge is 0.161 e. The standard InChI is InChI=1S/C18H19NO2/c1-11-13-7-8-17(20)18(21)15(13)9-14(16(11)10-19)12-5-3-2-4-6-12/h2-8,14,20-21H,9-10,19H2,1H3. The second kappa shape index (κ2) is 5.26. The summed E-state index contributed by atoms with van der Waals surface area (Å²) in [7, 11) is 0. The molecule has 0 saturated carbocycles. The molecule has 21 heavy (non-hydrogen) atoms. The Labute approximate surface area is 124 Å². The maximum Gasteiger partial charge on any atom is 0.161 e. The zero-order valence-corrected chi connectivity index (χ0v) is 12.0. The number of hydrogen-bond donors (Lipinski definition) is 3. The fraction of sp³-hybridized carbons (Fsp3) is 0.222. The van der Waals surface area contributed by atoms with E-state index < -0.39 is 0 Å². The van der Waals surface area contributed by atoms with Crippen molar-refractivity contribution >= 4 is 5.57 Å². The SMILES string of the molecule is CC1=C(CN)C(c2ccccc2)Cc2c1ccc(O)c2O. The van der Waals surface area contributed by atoms with E-state index in [1.807, 2.05) is 31.2 Å². The van der Waals surface area contributed by atoms with Crippen LogP contribution in [-0.2, 0) is 6.42 Å². The van der Waals surface area contributed by atoms with Crippen LogP contribution in [0.15, 0.2) is 48.0 Å². The van der Waals surface area contributed by atoms with Crippen molar-refractivity contribution < 1.29 is 10.2 Å². The summed E-state index contributed by atoms with van der Waals surface area (Å²) in [5.41, 5.74) is 11.2. The fourth-order valence-electron chi connectivity index (χ4n) is 3.24. The predicted octanol–water partition coefficient (Wildman–Crippen LogP) is 3.17. The molecule has 0 saturated heterocycles. The molecule has 2 aromatic rings. The zero-order chi connectivity index (χ0) is 15.0. The van der Waals surface area contributed by atoms with Crippen molar-refractivity contribution in [1.29, 1.82) is 0 Å². The van der Waals surface area contributed by atoms with Gasteiger partial charge in [0.05, 0.1) is 0 Å². The summed E-state index contributed by atoms with van der Waals surface area (Å²) < 4.78 is 0. The second-order valence-electron chi connectivity index (χ2n) is 5.48. The highest BCUT2D eigenvalue weighted by Gasteiger charge is 2.28. The van der Waals surface area contributed by atoms with Gasteiger partial charge in [-0.05, 0) is 41.7 Å². The molecular formula is C18H19NO2. The third-order valence-electron chi connectivity index (χ3n) is 4.40. The van der Waals surface area contributed by atoms with Crippen molar-refractivity contribution in [3.8, 4) is 11.5 Å². The van der Waals surface area contributed by atoms with Gasteiger partial charge in [-0.2, -0.15) is 0 Å². The maximum absolute atomic E-state index is 10.2. The highest BCUT2D eigenvalue weighted by Crippen LogP contribution is 2.45. The van der Waals surface area contributed by atoms with Gasteiger partial charge < -0.3 is 15.9 Å². The Hall–Kier alpha value is -2.26. The van der Waals surface area contributed by atoms with Gasteiger partial charge >= 0.3 is 0 Å². The minimum Gasteiger partial charge on any atom is -0.504 e. The molecule has 1 unspecified atom stereocenters. The molecule has 1 atom stereocenters. The van der Waals surface area contributed by atoms with E-state index in [0.29, 0.717) is 13.0 Å². The summed E-state index contributed by atoms with van der Waals surface area (Å²) >= 11 is 0. The molecule has 0 bridgehead atoms. The minimum absolute atomic E-state index is 0.0103. The molecule has 3 nitrogen and oxygen atoms in total. The van der Waals surface area contributed by atoms with Gasteiger partial charge in [0.15, 0.2) is 11.5 Å². The van der Waals surface area contributed by atoms with Crippen LogP contribution in [0.5, 0.6) is 11.5 Å². The van der Waals surface area contributed by atoms with Crippen LogP contribution in [0.25, 0.3) is 5.57 Å². The highest BCUT2D eigenvalue weighted by atomic mass is 16.3. The number of phenolic OH excluding ortho intramolecular Hbond substituents is 2. The maximum atomic E-state index is 10.2. The lowest BCUT2D eigenvalue weighted by atomic mass is 9.75. The summed E-state index contributed by atoms with van der Waals surface area (Å²) in [5.74, 6) is 0.0739. The van der Waals surface area contributed by atoms with E-state index in [1.54, 1.807) is 0 Å². The van der Waals surface area contributed by atoms with E-state index in [-0.39, 0.29) is 17.4 Å². The van der Waals surface area contributed by atoms with Crippen LogP contribution in [-0.4, -0.2) is 16.8 Å². The summed E-state index contributed by atoms with van der Waals surface area (Å²) in [6.07, 6.45) is 0.656. The Bertz CT molecular complexity index is 705. The number of phenols is 2. The fourth-order valence-corrected chi connectivity index (χ4v) is 3.24. The van der Waals surface area contributed by atoms with Crippen molar-refractivity contribution in [2.45, 2.75) is 19.3 Å². The average molecular weight is 281 g/mol. The van der Waals surface area contributed by atoms with Crippen LogP contribution in [0.2, 0.25) is 0 Å². The predicted molar refractivity (Wildman–Crippen MR) is 84.3 cm³/mol. The van der Waals surface area contributed by atoms with E-state index >= 15 is 0 Å². The number of fused-ring (bicyclic) bond motifs is 1. The van der Waals surface area contributed by atoms with Gasteiger partial charge in [-0.3, -0.25) is 0 Å². The van der Waals surface area contributed by atoms with Gasteiger partial charge in [-0.25, -0.2) is 0 Å². The third-order valence-corrected chi connectivity index (χ3v) is 4.40. The highest BCUT2D eigenvalue weighted by molar-refractivity contribution is 5.77. The summed E-state index contributed by atoms with van der Waals surface area (Å²) in [6, 6.07) is 13.6. The minimum atomic E-state index is -0.0652. The molecule has 2 aromatic carbocycles. The Balaban J connectivity index is 2.18. The van der Waals surface area contributed by atoms with E-state index in [1.165, 1.54) is 17.2 Å². The van der Waals surface area contributed by atoms with Crippen molar-refractivity contribution in [1.82, 2.24) is 0 Å². The molecule has 4 N–H and O–H groups in total. The van der Waals surface area contributed by atoms with Crippen molar-refractivity contribution in [3.05, 3.63) is 64.7 Å². The lowest BCUT2D eigenvalue weighted by Gasteiger charge is -2.30. The Morgan fingerprint density at radius 1 is 1.10 bits per heavy atom. The number of rotatable bonds is 2. The Kier molecular flexibility index (Phi) is 3.43. The monoisotopic (exact) mass is 281 g/mol. The Morgan fingerprint density at radius 2 is 1.81 bits per heavy atom. The van der Waals surface area contributed by atoms with E-state index in [0.717, 1.165) is 16.7 Å². The van der Waals surface area contributed by atoms with Crippen LogP contribution in [0.3, 0.4) is 0 Å². The lowest BCUT2D eigenvalue weighted by Crippen LogP contribution is -2.20. The van der Waals surface area contributed by atoms with Gasteiger partial charge in [0, 0.05) is 18.0 Å². The third kappa shape index (κ3) is 2.20. The molecule has 1 aliphatic carbocycles. The number of hydrogen-bond acceptors (Lipinski definition) is 3. The molecule has 0 spiro atoms. The van der Waals surface area contributed by atoms with Crippen molar-refractivity contribution in [2.75, 3.05) is 6.54 Å². The first-order valence-electron chi connectivity index (χ1n) is 7.12. The number of benzene rings is 2. The van der Waals surface area contributed by atoms with Crippen LogP contribution >= 0.6 is 0 Å². The molecule has 0 aliphatic heterocycles. The summed E-state index contributed by atoms with van der Waals surface area (Å²) in [5, 5.41) is 19.9. The normalized spacial score (nSPS) is 17.7. The average Bonchev–Trinajstić information content (AvgIpc) is 2.52. The molecule has 3 rings (SSSR count). The van der Waals surface area contributed by atoms with Crippen LogP contribution in [0.1, 0.15) is 29.5 Å². The Morgan fingerprint density at radius 3 is 2.48 bits per heavy atom. The molecule has 1 aliphatic rings. The van der Waals surface area contributed by atoms with Gasteiger partial charge in [0.25, 0.3) is 0 Å². The summed E-state index contributed by atoms with van der Waals surface area (Å²) in [4.78, 5) is 0. The molecular weight excluding hydrogens is 262 g/mol. The first kappa shape index (κ1) is 13.7.